The first-order chi connectivity index (χ1) is 7.35. The molecule has 0 bridgehead atoms. The Morgan fingerprint density at radius 3 is 2.80 bits per heavy atom. The van der Waals surface area contributed by atoms with Crippen molar-refractivity contribution < 1.29 is 0 Å². The van der Waals surface area contributed by atoms with Crippen molar-refractivity contribution in [2.75, 3.05) is 6.54 Å². The molecule has 2 nitrogen and oxygen atoms in total. The summed E-state index contributed by atoms with van der Waals surface area (Å²) >= 11 is 1.90. The van der Waals surface area contributed by atoms with Gasteiger partial charge in [-0.1, -0.05) is 13.8 Å². The summed E-state index contributed by atoms with van der Waals surface area (Å²) in [5, 5.41) is 4.79. The van der Waals surface area contributed by atoms with Gasteiger partial charge in [0, 0.05) is 17.3 Å². The summed E-state index contributed by atoms with van der Waals surface area (Å²) in [5.41, 5.74) is 1.40. The number of aromatic nitrogens is 1. The van der Waals surface area contributed by atoms with E-state index in [0.29, 0.717) is 0 Å². The van der Waals surface area contributed by atoms with Crippen LogP contribution in [-0.2, 0) is 13.0 Å². The Bertz CT molecular complexity index is 315. The highest BCUT2D eigenvalue weighted by molar-refractivity contribution is 7.11. The average Bonchev–Trinajstić information content (AvgIpc) is 3.01. The standard InChI is InChI=1S/C12H20N2S/c1-3-7-13-8-10-12(9-5-6-9)14-11(4-2)15-10/h9,13H,3-8H2,1-2H3. The molecule has 0 atom stereocenters. The molecule has 0 aromatic carbocycles. The van der Waals surface area contributed by atoms with Crippen LogP contribution < -0.4 is 5.32 Å². The Labute approximate surface area is 96.1 Å². The van der Waals surface area contributed by atoms with Crippen LogP contribution in [0.25, 0.3) is 0 Å². The van der Waals surface area contributed by atoms with E-state index < -0.39 is 0 Å². The van der Waals surface area contributed by atoms with Crippen LogP contribution in [0.3, 0.4) is 0 Å². The summed E-state index contributed by atoms with van der Waals surface area (Å²) in [7, 11) is 0. The molecule has 0 aliphatic heterocycles. The monoisotopic (exact) mass is 224 g/mol. The first kappa shape index (κ1) is 11.1. The van der Waals surface area contributed by atoms with Crippen LogP contribution in [-0.4, -0.2) is 11.5 Å². The largest absolute Gasteiger partial charge is 0.312 e. The van der Waals surface area contributed by atoms with Crippen molar-refractivity contribution in [2.24, 2.45) is 0 Å². The Balaban J connectivity index is 2.02. The van der Waals surface area contributed by atoms with Crippen molar-refractivity contribution in [3.63, 3.8) is 0 Å². The van der Waals surface area contributed by atoms with Gasteiger partial charge < -0.3 is 5.32 Å². The summed E-state index contributed by atoms with van der Waals surface area (Å²) in [4.78, 5) is 6.24. The SMILES string of the molecule is CCCNCc1sc(CC)nc1C1CC1. The van der Waals surface area contributed by atoms with Gasteiger partial charge in [0.2, 0.25) is 0 Å². The summed E-state index contributed by atoms with van der Waals surface area (Å²) < 4.78 is 0. The molecule has 1 fully saturated rings. The van der Waals surface area contributed by atoms with Crippen molar-refractivity contribution in [3.05, 3.63) is 15.6 Å². The van der Waals surface area contributed by atoms with Crippen molar-refractivity contribution >= 4 is 11.3 Å². The second kappa shape index (κ2) is 5.08. The Morgan fingerprint density at radius 2 is 2.20 bits per heavy atom. The van der Waals surface area contributed by atoms with E-state index >= 15 is 0 Å². The lowest BCUT2D eigenvalue weighted by Crippen LogP contribution is -2.13. The molecule has 0 spiro atoms. The maximum Gasteiger partial charge on any atom is 0.0929 e. The molecular formula is C12H20N2S. The smallest absolute Gasteiger partial charge is 0.0929 e. The van der Waals surface area contributed by atoms with Crippen molar-refractivity contribution in [3.8, 4) is 0 Å². The number of hydrogen-bond acceptors (Lipinski definition) is 3. The Hall–Kier alpha value is -0.410. The Morgan fingerprint density at radius 1 is 1.40 bits per heavy atom. The van der Waals surface area contributed by atoms with Crippen LogP contribution >= 0.6 is 11.3 Å². The van der Waals surface area contributed by atoms with Crippen LogP contribution in [0.2, 0.25) is 0 Å². The molecular weight excluding hydrogens is 204 g/mol. The summed E-state index contributed by atoms with van der Waals surface area (Å²) in [6.07, 6.45) is 5.00. The number of nitrogens with zero attached hydrogens (tertiary/aromatic N) is 1. The maximum absolute atomic E-state index is 4.75. The van der Waals surface area contributed by atoms with E-state index in [0.717, 1.165) is 25.4 Å². The van der Waals surface area contributed by atoms with Gasteiger partial charge in [0.1, 0.15) is 0 Å². The lowest BCUT2D eigenvalue weighted by Gasteiger charge is -2.01. The zero-order chi connectivity index (χ0) is 10.7. The first-order valence-electron chi connectivity index (χ1n) is 6.04. The molecule has 0 saturated heterocycles. The summed E-state index contributed by atoms with van der Waals surface area (Å²) in [6, 6.07) is 0. The third-order valence-corrected chi connectivity index (χ3v) is 3.97. The number of thiazole rings is 1. The highest BCUT2D eigenvalue weighted by atomic mass is 32.1. The van der Waals surface area contributed by atoms with E-state index in [-0.39, 0.29) is 0 Å². The van der Waals surface area contributed by atoms with E-state index in [1.54, 1.807) is 0 Å². The minimum Gasteiger partial charge on any atom is -0.312 e. The second-order valence-electron chi connectivity index (χ2n) is 4.22. The van der Waals surface area contributed by atoms with Gasteiger partial charge in [-0.05, 0) is 32.2 Å². The maximum atomic E-state index is 4.75. The minimum atomic E-state index is 0.792. The van der Waals surface area contributed by atoms with Crippen LogP contribution in [0.15, 0.2) is 0 Å². The predicted molar refractivity (Wildman–Crippen MR) is 65.5 cm³/mol. The summed E-state index contributed by atoms with van der Waals surface area (Å²) in [6.45, 7) is 6.54. The molecule has 1 aliphatic rings. The van der Waals surface area contributed by atoms with Gasteiger partial charge in [-0.2, -0.15) is 0 Å². The molecule has 1 aromatic rings. The fourth-order valence-electron chi connectivity index (χ4n) is 1.75. The molecule has 0 amide bonds. The minimum absolute atomic E-state index is 0.792. The van der Waals surface area contributed by atoms with E-state index in [9.17, 15) is 0 Å². The van der Waals surface area contributed by atoms with Crippen LogP contribution in [0.1, 0.15) is 54.6 Å². The zero-order valence-corrected chi connectivity index (χ0v) is 10.5. The Kier molecular flexibility index (Phi) is 3.76. The topological polar surface area (TPSA) is 24.9 Å². The number of hydrogen-bond donors (Lipinski definition) is 1. The summed E-state index contributed by atoms with van der Waals surface area (Å²) in [5.74, 6) is 0.792. The quantitative estimate of drug-likeness (QED) is 0.751. The van der Waals surface area contributed by atoms with Gasteiger partial charge in [-0.15, -0.1) is 11.3 Å². The third-order valence-electron chi connectivity index (χ3n) is 2.75. The first-order valence-corrected chi connectivity index (χ1v) is 6.86. The van der Waals surface area contributed by atoms with Crippen LogP contribution in [0.4, 0.5) is 0 Å². The molecule has 0 unspecified atom stereocenters. The van der Waals surface area contributed by atoms with Gasteiger partial charge in [-0.25, -0.2) is 4.98 Å². The van der Waals surface area contributed by atoms with Gasteiger partial charge in [0.05, 0.1) is 10.7 Å². The van der Waals surface area contributed by atoms with E-state index in [4.69, 9.17) is 4.98 Å². The predicted octanol–water partition coefficient (Wildman–Crippen LogP) is 3.08. The molecule has 15 heavy (non-hydrogen) atoms. The van der Waals surface area contributed by atoms with Crippen LogP contribution in [0.5, 0.6) is 0 Å². The number of nitrogens with one attached hydrogen (secondary N) is 1. The highest BCUT2D eigenvalue weighted by Gasteiger charge is 2.29. The van der Waals surface area contributed by atoms with Gasteiger partial charge in [-0.3, -0.25) is 0 Å². The number of rotatable bonds is 6. The molecule has 1 aromatic heterocycles. The van der Waals surface area contributed by atoms with Crippen molar-refractivity contribution in [2.45, 2.75) is 52.0 Å². The normalized spacial score (nSPS) is 15.9. The second-order valence-corrected chi connectivity index (χ2v) is 5.39. The fourth-order valence-corrected chi connectivity index (χ4v) is 2.81. The molecule has 0 radical (unpaired) electrons. The molecule has 1 aliphatic carbocycles. The van der Waals surface area contributed by atoms with Gasteiger partial charge in [0.25, 0.3) is 0 Å². The lowest BCUT2D eigenvalue weighted by molar-refractivity contribution is 0.676. The van der Waals surface area contributed by atoms with Crippen molar-refractivity contribution in [1.82, 2.24) is 10.3 Å². The zero-order valence-electron chi connectivity index (χ0n) is 9.68. The van der Waals surface area contributed by atoms with Gasteiger partial charge >= 0.3 is 0 Å². The molecule has 3 heteroatoms. The van der Waals surface area contributed by atoms with E-state index in [1.807, 2.05) is 11.3 Å². The fraction of sp³-hybridized carbons (Fsp3) is 0.750. The lowest BCUT2D eigenvalue weighted by atomic mass is 10.2. The third kappa shape index (κ3) is 2.79. The molecule has 1 heterocycles. The van der Waals surface area contributed by atoms with E-state index in [1.165, 1.54) is 34.8 Å². The highest BCUT2D eigenvalue weighted by Crippen LogP contribution is 2.42. The van der Waals surface area contributed by atoms with E-state index in [2.05, 4.69) is 19.2 Å². The molecule has 2 rings (SSSR count). The molecule has 1 saturated carbocycles. The average molecular weight is 224 g/mol. The van der Waals surface area contributed by atoms with Gasteiger partial charge in [0.15, 0.2) is 0 Å². The van der Waals surface area contributed by atoms with Crippen LogP contribution in [0, 0.1) is 0 Å². The molecule has 1 N–H and O–H groups in total. The number of aryl methyl sites for hydroxylation is 1. The van der Waals surface area contributed by atoms with Crippen molar-refractivity contribution in [1.29, 1.82) is 0 Å². The molecule has 84 valence electrons.